The van der Waals surface area contributed by atoms with Crippen molar-refractivity contribution in [2.24, 2.45) is 5.73 Å². The Morgan fingerprint density at radius 3 is 1.60 bits per heavy atom. The lowest BCUT2D eigenvalue weighted by Gasteiger charge is -2.06. The van der Waals surface area contributed by atoms with E-state index in [2.05, 4.69) is 39.6 Å². The Morgan fingerprint density at radius 1 is 0.698 bits per heavy atom. The van der Waals surface area contributed by atoms with Crippen molar-refractivity contribution in [2.45, 2.75) is 32.1 Å². The molecule has 43 heavy (non-hydrogen) atoms. The van der Waals surface area contributed by atoms with Gasteiger partial charge in [-0.05, 0) is 12.0 Å². The van der Waals surface area contributed by atoms with Gasteiger partial charge in [-0.2, -0.15) is 12.6 Å². The molecule has 9 N–H and O–H groups in total. The zero-order valence-electron chi connectivity index (χ0n) is 25.1. The van der Waals surface area contributed by atoms with Gasteiger partial charge >= 0.3 is 0 Å². The monoisotopic (exact) mass is 669 g/mol. The minimum absolute atomic E-state index is 0.00408. The maximum Gasteiger partial charge on any atom is 0.225 e. The van der Waals surface area contributed by atoms with E-state index in [4.69, 9.17) is 5.73 Å². The lowest BCUT2D eigenvalue weighted by molar-refractivity contribution is -0.366. The Morgan fingerprint density at radius 2 is 1.14 bits per heavy atom. The fourth-order valence-electron chi connectivity index (χ4n) is 2.81. The van der Waals surface area contributed by atoms with Crippen LogP contribution in [0.4, 0.5) is 0 Å². The summed E-state index contributed by atoms with van der Waals surface area (Å²) < 4.78 is 43.0. The molecule has 0 radical (unpaired) electrons. The van der Waals surface area contributed by atoms with Gasteiger partial charge in [0.25, 0.3) is 0 Å². The van der Waals surface area contributed by atoms with E-state index in [0.717, 1.165) is 18.1 Å². The summed E-state index contributed by atoms with van der Waals surface area (Å²) in [6.07, 6.45) is 4.19. The van der Waals surface area contributed by atoms with Crippen LogP contribution in [0.2, 0.25) is 0 Å². The highest BCUT2D eigenvalue weighted by Gasteiger charge is 2.07. The maximum atomic E-state index is 11.6. The highest BCUT2D eigenvalue weighted by atomic mass is 32.2. The van der Waals surface area contributed by atoms with Gasteiger partial charge < -0.3 is 32.7 Å². The normalized spacial score (nSPS) is 10.6. The molecular formula is C26H49N6O8S3+. The van der Waals surface area contributed by atoms with Crippen LogP contribution in [0.5, 0.6) is 0 Å². The number of amides is 4. The molecule has 4 amide bonds. The number of nitrogens with one attached hydrogen (secondary N) is 4. The van der Waals surface area contributed by atoms with Gasteiger partial charge in [0.1, 0.15) is 19.7 Å². The van der Waals surface area contributed by atoms with Crippen molar-refractivity contribution in [3.63, 3.8) is 0 Å². The van der Waals surface area contributed by atoms with Gasteiger partial charge in [0.2, 0.25) is 23.6 Å². The number of hydrogen-bond acceptors (Lipinski definition) is 10. The molecule has 0 heterocycles. The number of hydrogen-bond donors (Lipinski definition) is 7. The Hall–Kier alpha value is -2.73. The SMILES string of the molecule is CS(=O)(=O)CCNC(=O)CCNC(=O)CCc1ccccc1.CS(=O)(=O)CCNC(=O)CC[NH3+].NCCC(=O)NCCS. The average molecular weight is 670 g/mol. The third kappa shape index (κ3) is 33.6. The molecule has 0 saturated heterocycles. The van der Waals surface area contributed by atoms with Crippen molar-refractivity contribution in [2.75, 3.05) is 69.0 Å². The second kappa shape index (κ2) is 25.7. The number of carbonyl (C=O) groups excluding carboxylic acids is 4. The number of carbonyl (C=O) groups is 4. The van der Waals surface area contributed by atoms with Crippen LogP contribution in [0.15, 0.2) is 30.3 Å². The van der Waals surface area contributed by atoms with Crippen molar-refractivity contribution >= 4 is 55.9 Å². The molecule has 1 aromatic rings. The van der Waals surface area contributed by atoms with E-state index in [-0.39, 0.29) is 61.2 Å². The topological polar surface area (TPSA) is 238 Å². The molecule has 248 valence electrons. The molecule has 1 aromatic carbocycles. The van der Waals surface area contributed by atoms with Crippen molar-refractivity contribution < 1.29 is 41.7 Å². The molecule has 0 bridgehead atoms. The van der Waals surface area contributed by atoms with Crippen LogP contribution in [-0.4, -0.2) is 110 Å². The van der Waals surface area contributed by atoms with Gasteiger partial charge in [0, 0.05) is 70.3 Å². The zero-order valence-corrected chi connectivity index (χ0v) is 27.6. The zero-order chi connectivity index (χ0) is 33.2. The summed E-state index contributed by atoms with van der Waals surface area (Å²) in [5.41, 5.74) is 9.72. The van der Waals surface area contributed by atoms with Crippen molar-refractivity contribution in [1.29, 1.82) is 0 Å². The van der Waals surface area contributed by atoms with Crippen molar-refractivity contribution in [1.82, 2.24) is 21.3 Å². The van der Waals surface area contributed by atoms with E-state index in [1.54, 1.807) is 0 Å². The average Bonchev–Trinajstić information content (AvgIpc) is 2.91. The van der Waals surface area contributed by atoms with Crippen molar-refractivity contribution in [3.05, 3.63) is 35.9 Å². The Balaban J connectivity index is 0. The van der Waals surface area contributed by atoms with Crippen LogP contribution in [0.1, 0.15) is 31.2 Å². The first-order valence-corrected chi connectivity index (χ1v) is 18.4. The third-order valence-electron chi connectivity index (χ3n) is 4.96. The van der Waals surface area contributed by atoms with Crippen LogP contribution in [0, 0.1) is 0 Å². The molecule has 0 aromatic heterocycles. The van der Waals surface area contributed by atoms with E-state index < -0.39 is 19.7 Å². The maximum absolute atomic E-state index is 11.6. The van der Waals surface area contributed by atoms with E-state index in [1.807, 2.05) is 30.3 Å². The number of rotatable bonds is 18. The van der Waals surface area contributed by atoms with E-state index in [1.165, 1.54) is 0 Å². The minimum atomic E-state index is -3.07. The smallest absolute Gasteiger partial charge is 0.225 e. The highest BCUT2D eigenvalue weighted by molar-refractivity contribution is 7.90. The number of nitrogens with two attached hydrogens (primary N) is 1. The van der Waals surface area contributed by atoms with Gasteiger partial charge in [-0.1, -0.05) is 30.3 Å². The summed E-state index contributed by atoms with van der Waals surface area (Å²) in [5, 5.41) is 10.3. The van der Waals surface area contributed by atoms with Crippen LogP contribution in [0.3, 0.4) is 0 Å². The molecule has 0 aliphatic heterocycles. The lowest BCUT2D eigenvalue weighted by Crippen LogP contribution is -2.52. The van der Waals surface area contributed by atoms with Gasteiger partial charge in [-0.15, -0.1) is 0 Å². The first-order valence-electron chi connectivity index (χ1n) is 13.7. The van der Waals surface area contributed by atoms with E-state index >= 15 is 0 Å². The van der Waals surface area contributed by atoms with E-state index in [0.29, 0.717) is 51.1 Å². The number of quaternary nitrogens is 1. The lowest BCUT2D eigenvalue weighted by atomic mass is 10.1. The predicted octanol–water partition coefficient (Wildman–Crippen LogP) is -2.55. The fourth-order valence-corrected chi connectivity index (χ4v) is 3.87. The molecule has 0 aliphatic carbocycles. The Labute approximate surface area is 261 Å². The highest BCUT2D eigenvalue weighted by Crippen LogP contribution is 2.02. The minimum Gasteiger partial charge on any atom is -0.357 e. The molecule has 0 unspecified atom stereocenters. The number of thiol groups is 1. The molecule has 0 spiro atoms. The summed E-state index contributed by atoms with van der Waals surface area (Å²) in [7, 11) is -6.04. The number of benzene rings is 1. The number of aryl methyl sites for hydroxylation is 1. The van der Waals surface area contributed by atoms with Crippen LogP contribution in [0.25, 0.3) is 0 Å². The summed E-state index contributed by atoms with van der Waals surface area (Å²) in [6.45, 7) is 2.11. The second-order valence-corrected chi connectivity index (χ2v) is 14.2. The first kappa shape index (κ1) is 42.4. The Bertz CT molecular complexity index is 1150. The molecule has 0 fully saturated rings. The predicted molar refractivity (Wildman–Crippen MR) is 171 cm³/mol. The van der Waals surface area contributed by atoms with Gasteiger partial charge in [0.05, 0.1) is 24.5 Å². The molecule has 0 aliphatic rings. The molecule has 14 nitrogen and oxygen atoms in total. The third-order valence-corrected chi connectivity index (χ3v) is 7.07. The molecule has 0 atom stereocenters. The summed E-state index contributed by atoms with van der Waals surface area (Å²) >= 11 is 3.92. The molecule has 1 rings (SSSR count). The largest absolute Gasteiger partial charge is 0.357 e. The summed E-state index contributed by atoms with van der Waals surface area (Å²) in [6, 6.07) is 9.69. The number of sulfone groups is 2. The molecule has 0 saturated carbocycles. The van der Waals surface area contributed by atoms with Crippen LogP contribution >= 0.6 is 12.6 Å². The summed E-state index contributed by atoms with van der Waals surface area (Å²) in [5.74, 6) is 0.0777. The van der Waals surface area contributed by atoms with E-state index in [9.17, 15) is 36.0 Å². The first-order chi connectivity index (χ1) is 20.1. The van der Waals surface area contributed by atoms with Gasteiger partial charge in [0.15, 0.2) is 0 Å². The van der Waals surface area contributed by atoms with Crippen LogP contribution < -0.4 is 32.7 Å². The quantitative estimate of drug-likeness (QED) is 0.0813. The van der Waals surface area contributed by atoms with Gasteiger partial charge in [-0.25, -0.2) is 16.8 Å². The van der Waals surface area contributed by atoms with Crippen molar-refractivity contribution in [3.8, 4) is 0 Å². The molecular weight excluding hydrogens is 621 g/mol. The van der Waals surface area contributed by atoms with Crippen LogP contribution in [-0.2, 0) is 45.3 Å². The Kier molecular flexibility index (Phi) is 25.4. The fraction of sp³-hybridized carbons (Fsp3) is 0.615. The summed E-state index contributed by atoms with van der Waals surface area (Å²) in [4.78, 5) is 44.4. The van der Waals surface area contributed by atoms with Gasteiger partial charge in [-0.3, -0.25) is 19.2 Å². The standard InChI is InChI=1S/C15H22N2O4S.C6H14N2O3S.C5H12N2OS/c1-22(20,21)12-11-17-15(19)9-10-16-14(18)8-7-13-5-3-2-4-6-13;1-12(10,11)5-4-8-6(9)2-3-7;6-2-1-5(8)7-3-4-9/h2-6H,7-12H2,1H3,(H,16,18)(H,17,19);2-5,7H2,1H3,(H,8,9);9H,1-4,6H2,(H,7,8)/p+1. The second-order valence-electron chi connectivity index (χ2n) is 9.26. The molecule has 17 heteroatoms.